The van der Waals surface area contributed by atoms with E-state index in [9.17, 15) is 21.6 Å². The first-order valence-corrected chi connectivity index (χ1v) is 13.2. The van der Waals surface area contributed by atoms with E-state index in [1.807, 2.05) is 0 Å². The van der Waals surface area contributed by atoms with Gasteiger partial charge in [0.25, 0.3) is 0 Å². The molecule has 2 saturated heterocycles. The van der Waals surface area contributed by atoms with Crippen LogP contribution in [0.3, 0.4) is 0 Å². The first-order valence-electron chi connectivity index (χ1n) is 10.2. The molecule has 2 atom stereocenters. The molecule has 0 bridgehead atoms. The second-order valence-electron chi connectivity index (χ2n) is 7.86. The van der Waals surface area contributed by atoms with E-state index >= 15 is 0 Å². The van der Waals surface area contributed by atoms with Gasteiger partial charge in [-0.2, -0.15) is 5.11 Å². The molecule has 3 aliphatic rings. The molecule has 1 aromatic rings. The van der Waals surface area contributed by atoms with Gasteiger partial charge in [-0.1, -0.05) is 0 Å². The first kappa shape index (κ1) is 23.7. The van der Waals surface area contributed by atoms with Gasteiger partial charge in [0.15, 0.2) is 12.5 Å². The molecule has 1 amide bonds. The van der Waals surface area contributed by atoms with E-state index in [2.05, 4.69) is 30.6 Å². The van der Waals surface area contributed by atoms with Crippen molar-refractivity contribution in [3.63, 3.8) is 0 Å². The highest BCUT2D eigenvalue weighted by Gasteiger charge is 2.36. The lowest BCUT2D eigenvalue weighted by atomic mass is 10.1. The number of primary amides is 1. The lowest BCUT2D eigenvalue weighted by Gasteiger charge is -2.35. The number of aliphatic imine (C=N–C) groups is 1. The smallest absolute Gasteiger partial charge is 0.242 e. The topological polar surface area (TPSA) is 214 Å². The van der Waals surface area contributed by atoms with E-state index in [-0.39, 0.29) is 30.7 Å². The highest BCUT2D eigenvalue weighted by molar-refractivity contribution is 7.92. The van der Waals surface area contributed by atoms with Gasteiger partial charge in [-0.25, -0.2) is 31.7 Å². The van der Waals surface area contributed by atoms with Gasteiger partial charge in [0, 0.05) is 37.9 Å². The third kappa shape index (κ3) is 4.90. The second kappa shape index (κ2) is 9.03. The predicted molar refractivity (Wildman–Crippen MR) is 119 cm³/mol. The summed E-state index contributed by atoms with van der Waals surface area (Å²) in [4.78, 5) is 16.4. The first-order chi connectivity index (χ1) is 15.6. The van der Waals surface area contributed by atoms with Gasteiger partial charge in [-0.05, 0) is 25.1 Å². The summed E-state index contributed by atoms with van der Waals surface area (Å²) in [7, 11) is -8.82. The van der Waals surface area contributed by atoms with Crippen molar-refractivity contribution in [2.24, 2.45) is 26.1 Å². The number of benzene rings is 1. The normalized spacial score (nSPS) is 23.7. The highest BCUT2D eigenvalue weighted by atomic mass is 32.2. The number of carbonyl (C=O) groups excluding carboxylic acids is 1. The molecule has 14 nitrogen and oxygen atoms in total. The third-order valence-electron chi connectivity index (χ3n) is 5.59. The standard InChI is InChI=1S/C17H25N9O5S2/c18-16(27)11-8-26(6-5-21-11)12-1-2-13(33(30,31)25-10-3-4-20-7-10)15(32(19,28)29)14(12)17-22-9-23-24-17/h1-2,10-11,20-21,25H,3-9H2,(H2,18,27)(H2,19,28,29)/t10-,11-/m1/s1. The van der Waals surface area contributed by atoms with Gasteiger partial charge < -0.3 is 21.3 Å². The molecule has 4 rings (SSSR count). The van der Waals surface area contributed by atoms with Crippen LogP contribution in [-0.2, 0) is 24.8 Å². The predicted octanol–water partition coefficient (Wildman–Crippen LogP) is -2.59. The summed E-state index contributed by atoms with van der Waals surface area (Å²) in [5.74, 6) is -0.623. The third-order valence-corrected chi connectivity index (χ3v) is 8.27. The van der Waals surface area contributed by atoms with Crippen LogP contribution < -0.4 is 31.1 Å². The number of amides is 1. The fourth-order valence-electron chi connectivity index (χ4n) is 4.08. The fourth-order valence-corrected chi connectivity index (χ4v) is 6.95. The SMILES string of the molecule is NC(=O)[C@H]1CN(c2ccc(S(=O)(=O)N[C@@H]3CCNC3)c(S(N)(=O)=O)c2C2=NCN=N2)CCN1. The van der Waals surface area contributed by atoms with Crippen LogP contribution in [0.25, 0.3) is 0 Å². The van der Waals surface area contributed by atoms with Crippen molar-refractivity contribution in [1.82, 2.24) is 15.4 Å². The molecule has 3 heterocycles. The van der Waals surface area contributed by atoms with Crippen molar-refractivity contribution in [3.05, 3.63) is 17.7 Å². The average molecular weight is 500 g/mol. The minimum atomic E-state index is -4.56. The van der Waals surface area contributed by atoms with Crippen molar-refractivity contribution in [2.45, 2.75) is 28.3 Å². The molecule has 16 heteroatoms. The van der Waals surface area contributed by atoms with Gasteiger partial charge in [-0.15, -0.1) is 5.11 Å². The number of nitrogens with zero attached hydrogens (tertiary/aromatic N) is 4. The van der Waals surface area contributed by atoms with E-state index < -0.39 is 41.8 Å². The summed E-state index contributed by atoms with van der Waals surface area (Å²) in [6.45, 7) is 1.94. The van der Waals surface area contributed by atoms with Crippen LogP contribution in [0.1, 0.15) is 12.0 Å². The highest BCUT2D eigenvalue weighted by Crippen LogP contribution is 2.35. The van der Waals surface area contributed by atoms with E-state index in [0.29, 0.717) is 38.3 Å². The van der Waals surface area contributed by atoms with Crippen molar-refractivity contribution in [2.75, 3.05) is 44.3 Å². The maximum absolute atomic E-state index is 13.2. The molecular weight excluding hydrogens is 474 g/mol. The van der Waals surface area contributed by atoms with E-state index in [0.717, 1.165) is 0 Å². The lowest BCUT2D eigenvalue weighted by Crippen LogP contribution is -2.56. The summed E-state index contributed by atoms with van der Waals surface area (Å²) < 4.78 is 54.5. The largest absolute Gasteiger partial charge is 0.368 e. The molecule has 2 fully saturated rings. The van der Waals surface area contributed by atoms with Crippen molar-refractivity contribution in [3.8, 4) is 0 Å². The van der Waals surface area contributed by atoms with Crippen LogP contribution in [0.4, 0.5) is 5.69 Å². The lowest BCUT2D eigenvalue weighted by molar-refractivity contribution is -0.120. The molecule has 0 spiro atoms. The Labute approximate surface area is 191 Å². The summed E-state index contributed by atoms with van der Waals surface area (Å²) in [6, 6.07) is 1.58. The minimum Gasteiger partial charge on any atom is -0.368 e. The molecule has 0 aromatic heterocycles. The number of piperazine rings is 1. The Kier molecular flexibility index (Phi) is 6.47. The summed E-state index contributed by atoms with van der Waals surface area (Å²) in [5.41, 5.74) is 5.67. The summed E-state index contributed by atoms with van der Waals surface area (Å²) in [6.07, 6.45) is 0.561. The monoisotopic (exact) mass is 499 g/mol. The van der Waals surface area contributed by atoms with Gasteiger partial charge >= 0.3 is 0 Å². The number of sulfonamides is 2. The van der Waals surface area contributed by atoms with Gasteiger partial charge in [-0.3, -0.25) is 4.79 Å². The molecule has 0 aliphatic carbocycles. The molecule has 7 N–H and O–H groups in total. The number of anilines is 1. The fraction of sp³-hybridized carbons (Fsp3) is 0.529. The zero-order valence-electron chi connectivity index (χ0n) is 17.6. The molecule has 0 saturated carbocycles. The molecule has 0 unspecified atom stereocenters. The Morgan fingerprint density at radius 2 is 2.00 bits per heavy atom. The average Bonchev–Trinajstić information content (AvgIpc) is 3.46. The van der Waals surface area contributed by atoms with Gasteiger partial charge in [0.05, 0.1) is 5.56 Å². The molecule has 33 heavy (non-hydrogen) atoms. The number of nitrogens with one attached hydrogen (secondary N) is 3. The number of hydrogen-bond acceptors (Lipinski definition) is 11. The van der Waals surface area contributed by atoms with Gasteiger partial charge in [0.2, 0.25) is 26.0 Å². The number of nitrogens with two attached hydrogens (primary N) is 2. The molecular formula is C17H25N9O5S2. The Morgan fingerprint density at radius 1 is 1.21 bits per heavy atom. The van der Waals surface area contributed by atoms with Crippen LogP contribution in [0, 0.1) is 0 Å². The number of azo groups is 1. The van der Waals surface area contributed by atoms with E-state index in [1.165, 1.54) is 12.1 Å². The number of rotatable bonds is 7. The van der Waals surface area contributed by atoms with Crippen LogP contribution >= 0.6 is 0 Å². The van der Waals surface area contributed by atoms with Crippen LogP contribution in [0.2, 0.25) is 0 Å². The molecule has 0 radical (unpaired) electrons. The maximum Gasteiger partial charge on any atom is 0.242 e. The number of carbonyl (C=O) groups is 1. The second-order valence-corrected chi connectivity index (χ2v) is 11.0. The zero-order chi connectivity index (χ0) is 23.8. The van der Waals surface area contributed by atoms with Crippen LogP contribution in [0.15, 0.2) is 37.1 Å². The van der Waals surface area contributed by atoms with E-state index in [1.54, 1.807) is 4.90 Å². The quantitative estimate of drug-likeness (QED) is 0.268. The van der Waals surface area contributed by atoms with Crippen molar-refractivity contribution < 1.29 is 21.6 Å². The number of amidine groups is 1. The van der Waals surface area contributed by atoms with Crippen LogP contribution in [-0.4, -0.2) is 80.1 Å². The Morgan fingerprint density at radius 3 is 2.61 bits per heavy atom. The summed E-state index contributed by atoms with van der Waals surface area (Å²) in [5, 5.41) is 19.3. The zero-order valence-corrected chi connectivity index (χ0v) is 19.2. The number of primary sulfonamides is 1. The van der Waals surface area contributed by atoms with E-state index in [4.69, 9.17) is 10.9 Å². The van der Waals surface area contributed by atoms with Crippen LogP contribution in [0.5, 0.6) is 0 Å². The Bertz CT molecular complexity index is 1220. The van der Waals surface area contributed by atoms with Crippen molar-refractivity contribution in [1.29, 1.82) is 0 Å². The Hall–Kier alpha value is -2.50. The molecule has 1 aromatic carbocycles. The maximum atomic E-state index is 13.2. The number of hydrogen-bond donors (Lipinski definition) is 5. The Balaban J connectivity index is 1.89. The molecule has 3 aliphatic heterocycles. The minimum absolute atomic E-state index is 0.0345. The molecule has 180 valence electrons. The summed E-state index contributed by atoms with van der Waals surface area (Å²) >= 11 is 0. The van der Waals surface area contributed by atoms with Crippen molar-refractivity contribution >= 4 is 37.5 Å². The van der Waals surface area contributed by atoms with Gasteiger partial charge in [0.1, 0.15) is 15.8 Å².